The second-order valence-corrected chi connectivity index (χ2v) is 12.2. The molecular formula is C31H54N2O8. The summed E-state index contributed by atoms with van der Waals surface area (Å²) in [5.41, 5.74) is 0. The number of esters is 2. The van der Waals surface area contributed by atoms with E-state index in [0.717, 1.165) is 38.5 Å². The van der Waals surface area contributed by atoms with Crippen LogP contribution in [0.2, 0.25) is 0 Å². The summed E-state index contributed by atoms with van der Waals surface area (Å²) in [4.78, 5) is 46.3. The Labute approximate surface area is 246 Å². The van der Waals surface area contributed by atoms with Crippen molar-refractivity contribution in [3.05, 3.63) is 0 Å². The smallest absolute Gasteiger partial charge is 0.323 e. The minimum absolute atomic E-state index is 0.0155. The summed E-state index contributed by atoms with van der Waals surface area (Å²) in [6, 6.07) is -0.300. The molecule has 0 aromatic heterocycles. The fraction of sp³-hybridized carbons (Fsp3) is 0.871. The Kier molecular flexibility index (Phi) is 15.7. The first-order chi connectivity index (χ1) is 19.6. The highest BCUT2D eigenvalue weighted by molar-refractivity contribution is 5.82. The second-order valence-electron chi connectivity index (χ2n) is 12.2. The molecule has 0 spiro atoms. The molecule has 0 aromatic carbocycles. The molecule has 2 rings (SSSR count). The van der Waals surface area contributed by atoms with Crippen LogP contribution in [0.25, 0.3) is 0 Å². The first-order valence-electron chi connectivity index (χ1n) is 15.6. The quantitative estimate of drug-likeness (QED) is 0.139. The Hall–Kier alpha value is -2.20. The molecule has 0 heterocycles. The molecule has 0 aliphatic heterocycles. The lowest BCUT2D eigenvalue weighted by Crippen LogP contribution is -2.51. The molecule has 0 bridgehead atoms. The number of carbonyl (C=O) groups is 4. The number of nitrogens with one attached hydrogen (secondary N) is 2. The van der Waals surface area contributed by atoms with E-state index in [1.54, 1.807) is 13.8 Å². The molecule has 10 unspecified atom stereocenters. The van der Waals surface area contributed by atoms with Crippen LogP contribution in [0.15, 0.2) is 0 Å². The summed E-state index contributed by atoms with van der Waals surface area (Å²) in [6.07, 6.45) is 7.69. The fourth-order valence-electron chi connectivity index (χ4n) is 6.87. The maximum atomic E-state index is 12.5. The first-order valence-corrected chi connectivity index (χ1v) is 15.6. The third-order valence-electron chi connectivity index (χ3n) is 9.02. The highest BCUT2D eigenvalue weighted by atomic mass is 16.5. The molecule has 10 heteroatoms. The Morgan fingerprint density at radius 1 is 0.829 bits per heavy atom. The van der Waals surface area contributed by atoms with Crippen LogP contribution in [-0.4, -0.2) is 74.5 Å². The zero-order valence-corrected chi connectivity index (χ0v) is 26.0. The number of rotatable bonds is 18. The molecule has 2 fully saturated rings. The highest BCUT2D eigenvalue weighted by Crippen LogP contribution is 2.39. The Bertz CT molecular complexity index is 811. The topological polar surface area (TPSA) is 129 Å². The number of hydrogen-bond acceptors (Lipinski definition) is 10. The molecule has 2 aliphatic carbocycles. The Morgan fingerprint density at radius 2 is 1.39 bits per heavy atom. The molecule has 10 nitrogen and oxygen atoms in total. The van der Waals surface area contributed by atoms with Crippen molar-refractivity contribution in [3.63, 3.8) is 0 Å². The van der Waals surface area contributed by atoms with Crippen LogP contribution < -0.4 is 10.6 Å². The van der Waals surface area contributed by atoms with Crippen LogP contribution in [0.4, 0.5) is 0 Å². The standard InChI is InChI=1S/C31H54N2O8/c1-7-38-30(36)17-29(31(37)39-8-2)33-27-12-10-25(14-21(27)4)16-24-9-11-26(20(3)13-24)32-28(23(6)41-19-35)15-22(5)40-18-34/h18-29,32-33H,7-17H2,1-6H3. The van der Waals surface area contributed by atoms with Crippen LogP contribution in [0.5, 0.6) is 0 Å². The van der Waals surface area contributed by atoms with Crippen molar-refractivity contribution in [1.29, 1.82) is 0 Å². The first kappa shape index (κ1) is 35.0. The van der Waals surface area contributed by atoms with Gasteiger partial charge in [-0.15, -0.1) is 0 Å². The SMILES string of the molecule is CCOC(=O)CC(NC1CCC(CC2CCC(NC(CC(C)OC=O)C(C)OC=O)C(C)C2)CC1C)C(=O)OCC. The van der Waals surface area contributed by atoms with Gasteiger partial charge in [0.25, 0.3) is 12.9 Å². The monoisotopic (exact) mass is 582 g/mol. The number of carbonyl (C=O) groups excluding carboxylic acids is 4. The maximum absolute atomic E-state index is 12.5. The van der Waals surface area contributed by atoms with Gasteiger partial charge in [-0.3, -0.25) is 19.2 Å². The summed E-state index contributed by atoms with van der Waals surface area (Å²) in [5, 5.41) is 7.15. The lowest BCUT2D eigenvalue weighted by Gasteiger charge is -2.41. The van der Waals surface area contributed by atoms with Crippen molar-refractivity contribution in [1.82, 2.24) is 10.6 Å². The van der Waals surface area contributed by atoms with Crippen molar-refractivity contribution >= 4 is 24.9 Å². The van der Waals surface area contributed by atoms with Crippen LogP contribution in [0.3, 0.4) is 0 Å². The van der Waals surface area contributed by atoms with E-state index in [9.17, 15) is 19.2 Å². The van der Waals surface area contributed by atoms with Gasteiger partial charge in [-0.2, -0.15) is 0 Å². The van der Waals surface area contributed by atoms with E-state index in [4.69, 9.17) is 18.9 Å². The molecule has 0 amide bonds. The van der Waals surface area contributed by atoms with E-state index < -0.39 is 12.0 Å². The molecular weight excluding hydrogens is 528 g/mol. The van der Waals surface area contributed by atoms with Gasteiger partial charge in [0, 0.05) is 24.5 Å². The van der Waals surface area contributed by atoms with Crippen LogP contribution >= 0.6 is 0 Å². The normalized spacial score (nSPS) is 29.3. The fourth-order valence-corrected chi connectivity index (χ4v) is 6.87. The highest BCUT2D eigenvalue weighted by Gasteiger charge is 2.36. The van der Waals surface area contributed by atoms with E-state index in [1.807, 2.05) is 13.8 Å². The summed E-state index contributed by atoms with van der Waals surface area (Å²) in [6.45, 7) is 13.3. The van der Waals surface area contributed by atoms with Gasteiger partial charge in [0.2, 0.25) is 0 Å². The average Bonchev–Trinajstić information content (AvgIpc) is 2.91. The predicted octanol–water partition coefficient (Wildman–Crippen LogP) is 3.93. The van der Waals surface area contributed by atoms with Crippen molar-refractivity contribution in [3.8, 4) is 0 Å². The Morgan fingerprint density at radius 3 is 1.90 bits per heavy atom. The largest absolute Gasteiger partial charge is 0.466 e. The molecule has 0 aromatic rings. The third-order valence-corrected chi connectivity index (χ3v) is 9.02. The van der Waals surface area contributed by atoms with Crippen molar-refractivity contribution in [2.45, 2.75) is 136 Å². The molecule has 41 heavy (non-hydrogen) atoms. The molecule has 0 radical (unpaired) electrons. The van der Waals surface area contributed by atoms with E-state index in [0.29, 0.717) is 49.1 Å². The zero-order valence-electron chi connectivity index (χ0n) is 26.0. The Balaban J connectivity index is 1.87. The molecule has 2 aliphatic rings. The minimum Gasteiger partial charge on any atom is -0.466 e. The lowest BCUT2D eigenvalue weighted by molar-refractivity contribution is -0.152. The average molecular weight is 583 g/mol. The lowest BCUT2D eigenvalue weighted by atomic mass is 9.70. The van der Waals surface area contributed by atoms with Crippen LogP contribution in [0, 0.1) is 23.7 Å². The van der Waals surface area contributed by atoms with E-state index in [2.05, 4.69) is 24.5 Å². The number of ether oxygens (including phenoxy) is 4. The van der Waals surface area contributed by atoms with Gasteiger partial charge in [0.05, 0.1) is 19.6 Å². The van der Waals surface area contributed by atoms with Gasteiger partial charge < -0.3 is 29.6 Å². The molecule has 236 valence electrons. The molecule has 2 saturated carbocycles. The van der Waals surface area contributed by atoms with Gasteiger partial charge in [-0.05, 0) is 96.3 Å². The second kappa shape index (κ2) is 18.4. The van der Waals surface area contributed by atoms with Gasteiger partial charge in [-0.25, -0.2) is 0 Å². The van der Waals surface area contributed by atoms with Crippen molar-refractivity contribution < 1.29 is 38.1 Å². The van der Waals surface area contributed by atoms with Gasteiger partial charge in [0.1, 0.15) is 18.2 Å². The molecule has 0 saturated heterocycles. The summed E-state index contributed by atoms with van der Waals surface area (Å²) in [5.74, 6) is 1.39. The predicted molar refractivity (Wildman–Crippen MR) is 155 cm³/mol. The van der Waals surface area contributed by atoms with Gasteiger partial charge >= 0.3 is 11.9 Å². The zero-order chi connectivity index (χ0) is 30.4. The van der Waals surface area contributed by atoms with Crippen molar-refractivity contribution in [2.24, 2.45) is 23.7 Å². The minimum atomic E-state index is -0.682. The summed E-state index contributed by atoms with van der Waals surface area (Å²) >= 11 is 0. The number of hydrogen-bond donors (Lipinski definition) is 2. The maximum Gasteiger partial charge on any atom is 0.323 e. The van der Waals surface area contributed by atoms with E-state index >= 15 is 0 Å². The van der Waals surface area contributed by atoms with Gasteiger partial charge in [-0.1, -0.05) is 13.8 Å². The van der Waals surface area contributed by atoms with Gasteiger partial charge in [0.15, 0.2) is 0 Å². The van der Waals surface area contributed by atoms with E-state index in [1.165, 1.54) is 6.42 Å². The third kappa shape index (κ3) is 11.9. The summed E-state index contributed by atoms with van der Waals surface area (Å²) in [7, 11) is 0. The summed E-state index contributed by atoms with van der Waals surface area (Å²) < 4.78 is 20.6. The van der Waals surface area contributed by atoms with Crippen LogP contribution in [0.1, 0.15) is 99.3 Å². The molecule has 10 atom stereocenters. The van der Waals surface area contributed by atoms with Crippen LogP contribution in [-0.2, 0) is 38.1 Å². The molecule has 2 N–H and O–H groups in total. The van der Waals surface area contributed by atoms with Crippen molar-refractivity contribution in [2.75, 3.05) is 13.2 Å². The van der Waals surface area contributed by atoms with E-state index in [-0.39, 0.29) is 49.9 Å².